The molecule has 5 aromatic carbocycles. The predicted octanol–water partition coefficient (Wildman–Crippen LogP) is 6.04. The lowest BCUT2D eigenvalue weighted by atomic mass is 9.96. The smallest absolute Gasteiger partial charge is 0.407 e. The van der Waals surface area contributed by atoms with Gasteiger partial charge in [0.1, 0.15) is 32.6 Å². The van der Waals surface area contributed by atoms with E-state index in [1.54, 1.807) is 101 Å². The minimum absolute atomic E-state index is 0.108. The van der Waals surface area contributed by atoms with Crippen molar-refractivity contribution >= 4 is 43.1 Å². The maximum Gasteiger partial charge on any atom is 0.407 e. The molecule has 0 radical (unpaired) electrons. The first kappa shape index (κ1) is 47.9. The number of nitrogen functional groups attached to an aromatic ring is 1. The lowest BCUT2D eigenvalue weighted by molar-refractivity contribution is 0.0528. The minimum Gasteiger partial charge on any atom is -0.497 e. The lowest BCUT2D eigenvalue weighted by Gasteiger charge is -2.26. The number of imidazole rings is 1. The Labute approximate surface area is 388 Å². The van der Waals surface area contributed by atoms with Gasteiger partial charge in [-0.3, -0.25) is 0 Å². The molecule has 7 rings (SSSR count). The van der Waals surface area contributed by atoms with Crippen LogP contribution in [0.2, 0.25) is 0 Å². The van der Waals surface area contributed by atoms with Crippen LogP contribution in [0.3, 0.4) is 0 Å². The van der Waals surface area contributed by atoms with Crippen LogP contribution in [0.15, 0.2) is 107 Å². The maximum absolute atomic E-state index is 16.0. The molecule has 0 spiro atoms. The fourth-order valence-corrected chi connectivity index (χ4v) is 10.7. The van der Waals surface area contributed by atoms with E-state index < -0.39 is 41.5 Å². The number of H-pyrrole nitrogens is 1. The highest BCUT2D eigenvalue weighted by molar-refractivity contribution is 7.92. The number of amides is 1. The summed E-state index contributed by atoms with van der Waals surface area (Å²) in [5.41, 5.74) is 9.57. The number of aryl methyl sites for hydroxylation is 1. The van der Waals surface area contributed by atoms with Crippen LogP contribution in [0.1, 0.15) is 43.0 Å². The first-order valence-electron chi connectivity index (χ1n) is 20.9. The van der Waals surface area contributed by atoms with E-state index in [1.165, 1.54) is 35.5 Å². The van der Waals surface area contributed by atoms with E-state index in [4.69, 9.17) is 29.8 Å². The molecule has 0 saturated carbocycles. The topological polar surface area (TPSA) is 248 Å². The molecule has 67 heavy (non-hydrogen) atoms. The third kappa shape index (κ3) is 11.1. The Morgan fingerprint density at radius 3 is 1.87 bits per heavy atom. The number of carbonyl (C=O) groups excluding carboxylic acids is 1. The summed E-state index contributed by atoms with van der Waals surface area (Å²) in [4.78, 5) is 20.1. The quantitative estimate of drug-likeness (QED) is 0.0717. The summed E-state index contributed by atoms with van der Waals surface area (Å²) >= 11 is 0. The number of methoxy groups -OCH3 is 3. The van der Waals surface area contributed by atoms with Crippen LogP contribution in [0.4, 0.5) is 10.7 Å². The van der Waals surface area contributed by atoms with E-state index in [2.05, 4.69) is 30.3 Å². The fourth-order valence-electron chi connectivity index (χ4n) is 7.22. The average Bonchev–Trinajstić information content (AvgIpc) is 3.94. The number of tetrazole rings is 1. The van der Waals surface area contributed by atoms with Crippen LogP contribution in [0.5, 0.6) is 17.2 Å². The summed E-state index contributed by atoms with van der Waals surface area (Å²) in [7, 11) is -5.09. The normalized spacial score (nSPS) is 12.1. The number of rotatable bonds is 18. The molecular weight excluding hydrogens is 901 g/mol. The van der Waals surface area contributed by atoms with Crippen molar-refractivity contribution in [3.63, 3.8) is 0 Å². The Morgan fingerprint density at radius 1 is 0.761 bits per heavy atom. The van der Waals surface area contributed by atoms with Crippen LogP contribution >= 0.6 is 0 Å². The van der Waals surface area contributed by atoms with E-state index in [1.807, 2.05) is 19.1 Å². The molecule has 0 saturated heterocycles. The molecule has 0 unspecified atom stereocenters. The van der Waals surface area contributed by atoms with Crippen molar-refractivity contribution in [2.24, 2.45) is 0 Å². The number of hydrogen-bond donors (Lipinski definition) is 4. The molecule has 2 aromatic heterocycles. The van der Waals surface area contributed by atoms with Crippen LogP contribution in [0.25, 0.3) is 33.5 Å². The van der Waals surface area contributed by atoms with Crippen molar-refractivity contribution in [1.29, 1.82) is 0 Å². The number of ether oxygens (including phenoxy) is 4. The highest BCUT2D eigenvalue weighted by Crippen LogP contribution is 2.43. The molecule has 0 atom stereocenters. The van der Waals surface area contributed by atoms with Gasteiger partial charge in [-0.2, -0.15) is 9.10 Å². The largest absolute Gasteiger partial charge is 0.497 e. The number of hydrogen-bond acceptors (Lipinski definition) is 14. The summed E-state index contributed by atoms with van der Waals surface area (Å²) in [5, 5.41) is 16.0. The van der Waals surface area contributed by atoms with Gasteiger partial charge in [0.05, 0.1) is 44.5 Å². The minimum atomic E-state index is -4.95. The summed E-state index contributed by atoms with van der Waals surface area (Å²) in [5.74, 6) is 1.66. The van der Waals surface area contributed by atoms with E-state index in [9.17, 15) is 13.2 Å². The van der Waals surface area contributed by atoms with Crippen LogP contribution in [0, 0.1) is 6.92 Å². The number of sulfonamides is 2. The highest BCUT2D eigenvalue weighted by atomic mass is 32.2. The molecule has 352 valence electrons. The summed E-state index contributed by atoms with van der Waals surface area (Å²) < 4.78 is 86.7. The number of anilines is 1. The second kappa shape index (κ2) is 19.8. The SMILES string of the molecule is COc1ccc(CN(Cc2ccc(OC)cc2)S(=O)(=O)c2c(S(=O)(=O)NCCNC(=O)OC(C)(C)C)ccc(-c3ccc(C)c4nc(N)[nH]c34)c2-c2nnn(Cc3ccc(OC)cc3)n2)cc1. The van der Waals surface area contributed by atoms with Crippen LogP contribution in [-0.4, -0.2) is 97.4 Å². The number of nitrogens with zero attached hydrogens (tertiary/aromatic N) is 6. The first-order chi connectivity index (χ1) is 31.9. The average molecular weight is 953 g/mol. The number of benzene rings is 5. The molecule has 2 heterocycles. The summed E-state index contributed by atoms with van der Waals surface area (Å²) in [6, 6.07) is 27.2. The van der Waals surface area contributed by atoms with E-state index in [0.29, 0.717) is 45.0 Å². The van der Waals surface area contributed by atoms with E-state index in [-0.39, 0.29) is 55.6 Å². The fraction of sp³-hybridized carbons (Fsp3) is 0.283. The molecule has 0 aliphatic rings. The zero-order chi connectivity index (χ0) is 48.1. The van der Waals surface area contributed by atoms with Crippen molar-refractivity contribution in [3.05, 3.63) is 119 Å². The Balaban J connectivity index is 1.47. The number of nitrogens with two attached hydrogens (primary N) is 1. The zero-order valence-electron chi connectivity index (χ0n) is 38.0. The Bertz CT molecular complexity index is 3050. The van der Waals surface area contributed by atoms with Gasteiger partial charge < -0.3 is 35.0 Å². The molecule has 0 bridgehead atoms. The standard InChI is InChI=1S/C46H52N10O9S2/c1-29-8-21-37(41-40(29)50-44(47)51-41)36-22-23-38(66(58,59)49-25-24-48-45(57)65-46(2,3)4)42(39(36)43-52-54-56(53-43)28-32-13-19-35(64-7)20-14-32)67(60,61)55(26-30-9-15-33(62-5)16-10-30)27-31-11-17-34(63-6)18-12-31/h8-23,49H,24-28H2,1-7H3,(H,48,57)(H3,47,50,51). The second-order valence-electron chi connectivity index (χ2n) is 16.4. The molecular formula is C46H52N10O9S2. The van der Waals surface area contributed by atoms with Crippen molar-refractivity contribution in [2.75, 3.05) is 40.2 Å². The zero-order valence-corrected chi connectivity index (χ0v) is 39.7. The molecule has 5 N–H and O–H groups in total. The predicted molar refractivity (Wildman–Crippen MR) is 251 cm³/mol. The summed E-state index contributed by atoms with van der Waals surface area (Å²) in [6.07, 6.45) is -0.762. The van der Waals surface area contributed by atoms with Gasteiger partial charge in [0.2, 0.25) is 25.9 Å². The van der Waals surface area contributed by atoms with Gasteiger partial charge in [0, 0.05) is 31.7 Å². The van der Waals surface area contributed by atoms with Gasteiger partial charge in [-0.15, -0.1) is 10.2 Å². The number of alkyl carbamates (subject to hydrolysis) is 1. The third-order valence-electron chi connectivity index (χ3n) is 10.4. The van der Waals surface area contributed by atoms with Crippen molar-refractivity contribution in [2.45, 2.75) is 62.7 Å². The van der Waals surface area contributed by atoms with Crippen LogP contribution < -0.4 is 30.0 Å². The van der Waals surface area contributed by atoms with E-state index in [0.717, 1.165) is 11.1 Å². The van der Waals surface area contributed by atoms with Crippen molar-refractivity contribution in [3.8, 4) is 39.8 Å². The molecule has 0 aliphatic carbocycles. The van der Waals surface area contributed by atoms with Gasteiger partial charge in [0.15, 0.2) is 5.95 Å². The van der Waals surface area contributed by atoms with Gasteiger partial charge in [-0.25, -0.2) is 31.3 Å². The maximum atomic E-state index is 16.0. The first-order valence-corrected chi connectivity index (χ1v) is 23.9. The van der Waals surface area contributed by atoms with Gasteiger partial charge in [-0.05, 0) is 103 Å². The van der Waals surface area contributed by atoms with Crippen molar-refractivity contribution in [1.82, 2.24) is 44.5 Å². The second-order valence-corrected chi connectivity index (χ2v) is 20.0. The van der Waals surface area contributed by atoms with Crippen LogP contribution in [-0.2, 0) is 44.4 Å². The lowest BCUT2D eigenvalue weighted by Crippen LogP contribution is -2.38. The van der Waals surface area contributed by atoms with Gasteiger partial charge >= 0.3 is 6.09 Å². The Hall–Kier alpha value is -7.07. The van der Waals surface area contributed by atoms with Crippen molar-refractivity contribution < 1.29 is 40.6 Å². The number of aromatic amines is 1. The molecule has 1 amide bonds. The summed E-state index contributed by atoms with van der Waals surface area (Å²) in [6.45, 7) is 6.11. The number of aromatic nitrogens is 6. The molecule has 21 heteroatoms. The Kier molecular flexibility index (Phi) is 14.2. The molecule has 7 aromatic rings. The number of fused-ring (bicyclic) bond motifs is 1. The molecule has 0 fully saturated rings. The highest BCUT2D eigenvalue weighted by Gasteiger charge is 2.38. The molecule has 19 nitrogen and oxygen atoms in total. The number of carbonyl (C=O) groups is 1. The van der Waals surface area contributed by atoms with Gasteiger partial charge in [0.25, 0.3) is 0 Å². The Morgan fingerprint density at radius 2 is 1.31 bits per heavy atom. The molecule has 0 aliphatic heterocycles. The third-order valence-corrected chi connectivity index (χ3v) is 14.0. The monoisotopic (exact) mass is 952 g/mol. The van der Waals surface area contributed by atoms with Gasteiger partial charge in [-0.1, -0.05) is 54.6 Å². The van der Waals surface area contributed by atoms with E-state index >= 15 is 8.42 Å². The number of nitrogens with one attached hydrogen (secondary N) is 3.